The van der Waals surface area contributed by atoms with Crippen molar-refractivity contribution in [1.82, 2.24) is 24.9 Å². The lowest BCUT2D eigenvalue weighted by atomic mass is 9.76. The Labute approximate surface area is 276 Å². The van der Waals surface area contributed by atoms with Crippen LogP contribution >= 0.6 is 0 Å². The van der Waals surface area contributed by atoms with Gasteiger partial charge in [-0.3, -0.25) is 20.0 Å². The maximum absolute atomic E-state index is 11.2. The molecule has 4 fully saturated rings. The third kappa shape index (κ3) is 6.31. The van der Waals surface area contributed by atoms with Crippen LogP contribution < -0.4 is 21.3 Å². The summed E-state index contributed by atoms with van der Waals surface area (Å²) in [4.78, 5) is 11.4. The molecular weight excluding hydrogens is 584 g/mol. The molecule has 0 radical (unpaired) electrons. The molecule has 4 unspecified atom stereocenters. The molecular formula is C34H60N8O4. The van der Waals surface area contributed by atoms with Gasteiger partial charge in [0.05, 0.1) is 55.9 Å². The maximum Gasteiger partial charge on any atom is 0.142 e. The number of nitrogens with zero attached hydrogens (tertiary/aromatic N) is 5. The highest BCUT2D eigenvalue weighted by Gasteiger charge is 2.54. The van der Waals surface area contributed by atoms with Crippen molar-refractivity contribution in [2.45, 2.75) is 120 Å². The molecule has 8 atom stereocenters. The second-order valence-corrected chi connectivity index (χ2v) is 15.7. The number of ether oxygens (including phenoxy) is 2. The van der Waals surface area contributed by atoms with E-state index in [1.165, 1.54) is 23.4 Å². The van der Waals surface area contributed by atoms with Crippen LogP contribution in [0.3, 0.4) is 0 Å². The minimum absolute atomic E-state index is 0.00357. The van der Waals surface area contributed by atoms with Gasteiger partial charge in [0.2, 0.25) is 0 Å². The van der Waals surface area contributed by atoms with Gasteiger partial charge >= 0.3 is 0 Å². The summed E-state index contributed by atoms with van der Waals surface area (Å²) >= 11 is 0. The van der Waals surface area contributed by atoms with E-state index in [2.05, 4.69) is 95.1 Å². The molecule has 46 heavy (non-hydrogen) atoms. The SMILES string of the molecule is COCC(C)(C)c1ccc2c(c1)N(C)C(CC[C@H]1C[C@@H](N(C[C@H]3O[C@@H](N4CNC5C(N)N(C)CN(C)C54)[C@H](O)[C@@H]3O)C(C)C)C1)N2. The van der Waals surface area contributed by atoms with Crippen molar-refractivity contribution in [3.63, 3.8) is 0 Å². The van der Waals surface area contributed by atoms with Crippen LogP contribution in [0.5, 0.6) is 0 Å². The van der Waals surface area contributed by atoms with Crippen LogP contribution in [0.2, 0.25) is 0 Å². The molecule has 1 aliphatic carbocycles. The molecule has 0 spiro atoms. The van der Waals surface area contributed by atoms with Crippen molar-refractivity contribution < 1.29 is 19.7 Å². The van der Waals surface area contributed by atoms with E-state index in [4.69, 9.17) is 15.2 Å². The molecule has 4 heterocycles. The van der Waals surface area contributed by atoms with Gasteiger partial charge in [0, 0.05) is 38.2 Å². The van der Waals surface area contributed by atoms with Crippen molar-refractivity contribution in [2.75, 3.05) is 65.0 Å². The summed E-state index contributed by atoms with van der Waals surface area (Å²) in [5, 5.41) is 29.6. The lowest BCUT2D eigenvalue weighted by Gasteiger charge is -2.47. The molecule has 0 bridgehead atoms. The standard InChI is InChI=1S/C34H60N8O4/c1-20(2)41(16-26-29(43)30(44)33(46-26)42-18-36-28-31(35)38(5)19-39(6)32(28)42)23-13-21(14-23)9-12-27-37-24-11-10-22(15-25(24)40(27)7)34(3,4)17-45-8/h10-11,15,20-21,23,26-33,36-37,43-44H,9,12-14,16-19,35H2,1-8H3/t21-,23+,26-,27?,28?,29-,30-,31?,32?,33-/m1/s1. The first-order valence-corrected chi connectivity index (χ1v) is 17.4. The van der Waals surface area contributed by atoms with Crippen molar-refractivity contribution in [1.29, 1.82) is 0 Å². The van der Waals surface area contributed by atoms with Crippen LogP contribution in [0.25, 0.3) is 0 Å². The number of anilines is 2. The number of benzene rings is 1. The monoisotopic (exact) mass is 644 g/mol. The molecule has 12 nitrogen and oxygen atoms in total. The molecule has 1 aromatic rings. The van der Waals surface area contributed by atoms with E-state index in [0.717, 1.165) is 25.9 Å². The minimum Gasteiger partial charge on any atom is -0.387 e. The number of hydrogen-bond donors (Lipinski definition) is 5. The van der Waals surface area contributed by atoms with Gasteiger partial charge in [-0.05, 0) is 77.2 Å². The third-order valence-corrected chi connectivity index (χ3v) is 11.6. The zero-order chi connectivity index (χ0) is 33.1. The average Bonchev–Trinajstić information content (AvgIpc) is 3.64. The summed E-state index contributed by atoms with van der Waals surface area (Å²) in [6, 6.07) is 7.59. The number of rotatable bonds is 11. The van der Waals surface area contributed by atoms with Crippen molar-refractivity contribution >= 4 is 11.4 Å². The Morgan fingerprint density at radius 3 is 2.54 bits per heavy atom. The van der Waals surface area contributed by atoms with Gasteiger partial charge in [-0.25, -0.2) is 4.90 Å². The van der Waals surface area contributed by atoms with E-state index in [9.17, 15) is 10.2 Å². The lowest BCUT2D eigenvalue weighted by Crippen LogP contribution is -2.68. The molecule has 6 rings (SSSR count). The summed E-state index contributed by atoms with van der Waals surface area (Å²) < 4.78 is 12.0. The van der Waals surface area contributed by atoms with E-state index < -0.39 is 24.5 Å². The average molecular weight is 645 g/mol. The maximum atomic E-state index is 11.2. The van der Waals surface area contributed by atoms with Gasteiger partial charge < -0.3 is 35.6 Å². The topological polar surface area (TPSA) is 125 Å². The lowest BCUT2D eigenvalue weighted by molar-refractivity contribution is -0.140. The normalized spacial score (nSPS) is 37.2. The van der Waals surface area contributed by atoms with Crippen LogP contribution in [0, 0.1) is 5.92 Å². The Kier molecular flexibility index (Phi) is 9.97. The van der Waals surface area contributed by atoms with Gasteiger partial charge in [0.15, 0.2) is 0 Å². The number of nitrogens with one attached hydrogen (secondary N) is 2. The zero-order valence-electron chi connectivity index (χ0n) is 29.3. The van der Waals surface area contributed by atoms with Gasteiger partial charge in [-0.1, -0.05) is 19.9 Å². The highest BCUT2D eigenvalue weighted by molar-refractivity contribution is 5.76. The van der Waals surface area contributed by atoms with Crippen LogP contribution in [0.4, 0.5) is 11.4 Å². The zero-order valence-corrected chi connectivity index (χ0v) is 29.3. The number of methoxy groups -OCH3 is 1. The van der Waals surface area contributed by atoms with E-state index in [-0.39, 0.29) is 23.8 Å². The Morgan fingerprint density at radius 2 is 1.85 bits per heavy atom. The number of hydrogen-bond acceptors (Lipinski definition) is 12. The largest absolute Gasteiger partial charge is 0.387 e. The van der Waals surface area contributed by atoms with Gasteiger partial charge in [0.25, 0.3) is 0 Å². The summed E-state index contributed by atoms with van der Waals surface area (Å²) in [6.45, 7) is 11.5. The number of likely N-dealkylation sites (N-methyl/N-ethyl adjacent to an activating group) is 2. The first kappa shape index (κ1) is 34.3. The summed E-state index contributed by atoms with van der Waals surface area (Å²) in [5.41, 5.74) is 10.2. The molecule has 5 aliphatic rings. The van der Waals surface area contributed by atoms with Crippen LogP contribution in [0.15, 0.2) is 18.2 Å². The minimum atomic E-state index is -0.972. The van der Waals surface area contributed by atoms with Crippen molar-refractivity contribution in [3.8, 4) is 0 Å². The Balaban J connectivity index is 1.01. The first-order valence-electron chi connectivity index (χ1n) is 17.4. The molecule has 4 aliphatic heterocycles. The number of aliphatic hydroxyl groups excluding tert-OH is 2. The smallest absolute Gasteiger partial charge is 0.142 e. The summed E-state index contributed by atoms with van der Waals surface area (Å²) in [7, 11) is 8.07. The fraction of sp³-hybridized carbons (Fsp3) is 0.824. The van der Waals surface area contributed by atoms with Gasteiger partial charge in [0.1, 0.15) is 24.5 Å². The first-order chi connectivity index (χ1) is 21.8. The number of fused-ring (bicyclic) bond motifs is 2. The van der Waals surface area contributed by atoms with Crippen molar-refractivity contribution in [3.05, 3.63) is 23.8 Å². The molecule has 12 heteroatoms. The van der Waals surface area contributed by atoms with Crippen LogP contribution in [-0.4, -0.2) is 146 Å². The quantitative estimate of drug-likeness (QED) is 0.238. The molecule has 0 aromatic heterocycles. The van der Waals surface area contributed by atoms with Gasteiger partial charge in [-0.15, -0.1) is 0 Å². The molecule has 0 amide bonds. The van der Waals surface area contributed by atoms with E-state index in [0.29, 0.717) is 44.0 Å². The summed E-state index contributed by atoms with van der Waals surface area (Å²) in [6.07, 6.45) is 1.83. The number of aliphatic hydroxyl groups is 2. The highest BCUT2D eigenvalue weighted by atomic mass is 16.6. The highest BCUT2D eigenvalue weighted by Crippen LogP contribution is 2.42. The number of nitrogens with two attached hydrogens (primary N) is 1. The van der Waals surface area contributed by atoms with Crippen LogP contribution in [0.1, 0.15) is 58.9 Å². The second kappa shape index (κ2) is 13.4. The predicted octanol–water partition coefficient (Wildman–Crippen LogP) is 1.19. The molecule has 1 saturated carbocycles. The molecule has 3 saturated heterocycles. The molecule has 6 N–H and O–H groups in total. The summed E-state index contributed by atoms with van der Waals surface area (Å²) in [5.74, 6) is 0.686. The predicted molar refractivity (Wildman–Crippen MR) is 181 cm³/mol. The van der Waals surface area contributed by atoms with E-state index >= 15 is 0 Å². The third-order valence-electron chi connectivity index (χ3n) is 11.6. The molecule has 260 valence electrons. The Morgan fingerprint density at radius 1 is 1.11 bits per heavy atom. The van der Waals surface area contributed by atoms with Crippen LogP contribution in [-0.2, 0) is 14.9 Å². The Bertz CT molecular complexity index is 1200. The second-order valence-electron chi connectivity index (χ2n) is 15.7. The van der Waals surface area contributed by atoms with Crippen molar-refractivity contribution in [2.24, 2.45) is 11.7 Å². The molecule has 1 aromatic carbocycles. The Hall–Kier alpha value is -1.58. The van der Waals surface area contributed by atoms with E-state index in [1.54, 1.807) is 7.11 Å². The van der Waals surface area contributed by atoms with Gasteiger partial charge in [-0.2, -0.15) is 0 Å². The fourth-order valence-electron chi connectivity index (χ4n) is 8.75. The van der Waals surface area contributed by atoms with E-state index in [1.807, 2.05) is 7.05 Å². The fourth-order valence-corrected chi connectivity index (χ4v) is 8.75.